The summed E-state index contributed by atoms with van der Waals surface area (Å²) in [5.74, 6) is 0.0832. The van der Waals surface area contributed by atoms with Crippen molar-refractivity contribution in [3.8, 4) is 17.3 Å². The Bertz CT molecular complexity index is 1100. The van der Waals surface area contributed by atoms with Gasteiger partial charge in [-0.3, -0.25) is 14.5 Å². The van der Waals surface area contributed by atoms with Crippen LogP contribution < -0.4 is 10.6 Å². The number of amides is 1. The molecule has 1 saturated carbocycles. The van der Waals surface area contributed by atoms with Crippen LogP contribution in [0.1, 0.15) is 41.7 Å². The third kappa shape index (κ3) is 4.21. The predicted molar refractivity (Wildman–Crippen MR) is 106 cm³/mol. The second kappa shape index (κ2) is 7.67. The third-order valence-corrected chi connectivity index (χ3v) is 4.57. The number of rotatable bonds is 6. The van der Waals surface area contributed by atoms with Gasteiger partial charge in [0, 0.05) is 30.4 Å². The fourth-order valence-electron chi connectivity index (χ4n) is 2.87. The van der Waals surface area contributed by atoms with Gasteiger partial charge >= 0.3 is 0 Å². The van der Waals surface area contributed by atoms with Gasteiger partial charge < -0.3 is 10.6 Å². The number of nitrogens with zero attached hydrogens (tertiary/aromatic N) is 6. The highest BCUT2D eigenvalue weighted by Gasteiger charge is 2.24. The molecule has 29 heavy (non-hydrogen) atoms. The highest BCUT2D eigenvalue weighted by molar-refractivity contribution is 5.95. The molecular formula is C20H20N8O. The summed E-state index contributed by atoms with van der Waals surface area (Å²) in [6.07, 6.45) is 10.9. The van der Waals surface area contributed by atoms with Gasteiger partial charge in [0.1, 0.15) is 6.04 Å². The Balaban J connectivity index is 1.57. The average molecular weight is 388 g/mol. The summed E-state index contributed by atoms with van der Waals surface area (Å²) >= 11 is 0. The number of nitrogens with one attached hydrogen (secondary N) is 2. The number of aromatic nitrogens is 5. The molecule has 1 unspecified atom stereocenters. The van der Waals surface area contributed by atoms with Crippen molar-refractivity contribution >= 4 is 17.5 Å². The first-order chi connectivity index (χ1) is 14.0. The van der Waals surface area contributed by atoms with E-state index in [4.69, 9.17) is 5.26 Å². The van der Waals surface area contributed by atoms with Crippen LogP contribution in [0.4, 0.5) is 11.6 Å². The van der Waals surface area contributed by atoms with Crippen LogP contribution in [0.25, 0.3) is 11.3 Å². The van der Waals surface area contributed by atoms with E-state index in [1.54, 1.807) is 31.6 Å². The Kier molecular flexibility index (Phi) is 4.91. The fraction of sp³-hybridized carbons (Fsp3) is 0.300. The molecule has 1 atom stereocenters. The molecule has 2 N–H and O–H groups in total. The standard InChI is InChI=1S/C20H20N8O/c1-12-7-23-20(26-16-10-24-28(11-16)17-3-4-17)27-18(12)14-5-15(9-22-8-14)19(29)25-13(2)6-21/h5,7-11,13,17H,3-4H2,1-2H3,(H,25,29)(H,23,26,27). The molecule has 1 aliphatic carbocycles. The van der Waals surface area contributed by atoms with E-state index in [-0.39, 0.29) is 5.91 Å². The first-order valence-corrected chi connectivity index (χ1v) is 9.34. The van der Waals surface area contributed by atoms with Crippen LogP contribution in [-0.4, -0.2) is 36.7 Å². The van der Waals surface area contributed by atoms with Gasteiger partial charge in [-0.2, -0.15) is 10.4 Å². The minimum Gasteiger partial charge on any atom is -0.336 e. The van der Waals surface area contributed by atoms with Crippen LogP contribution in [-0.2, 0) is 0 Å². The summed E-state index contributed by atoms with van der Waals surface area (Å²) in [6.45, 7) is 3.52. The van der Waals surface area contributed by atoms with Gasteiger partial charge in [0.25, 0.3) is 5.91 Å². The number of carbonyl (C=O) groups is 1. The van der Waals surface area contributed by atoms with Crippen LogP contribution in [0, 0.1) is 18.3 Å². The molecule has 4 rings (SSSR count). The van der Waals surface area contributed by atoms with E-state index in [9.17, 15) is 4.79 Å². The minimum atomic E-state index is -0.584. The van der Waals surface area contributed by atoms with Gasteiger partial charge in [0.2, 0.25) is 5.95 Å². The van der Waals surface area contributed by atoms with E-state index < -0.39 is 6.04 Å². The molecule has 3 aromatic heterocycles. The van der Waals surface area contributed by atoms with Crippen molar-refractivity contribution in [1.29, 1.82) is 5.26 Å². The minimum absolute atomic E-state index is 0.356. The third-order valence-electron chi connectivity index (χ3n) is 4.57. The quantitative estimate of drug-likeness (QED) is 0.666. The van der Waals surface area contributed by atoms with E-state index in [0.717, 1.165) is 24.1 Å². The largest absolute Gasteiger partial charge is 0.336 e. The van der Waals surface area contributed by atoms with E-state index in [0.29, 0.717) is 28.8 Å². The molecule has 0 saturated heterocycles. The van der Waals surface area contributed by atoms with Crippen LogP contribution >= 0.6 is 0 Å². The predicted octanol–water partition coefficient (Wildman–Crippen LogP) is 2.76. The zero-order chi connectivity index (χ0) is 20.4. The van der Waals surface area contributed by atoms with Gasteiger partial charge in [-0.25, -0.2) is 9.97 Å². The Morgan fingerprint density at radius 1 is 1.31 bits per heavy atom. The molecule has 0 radical (unpaired) electrons. The maximum Gasteiger partial charge on any atom is 0.253 e. The number of aryl methyl sites for hydroxylation is 1. The smallest absolute Gasteiger partial charge is 0.253 e. The molecule has 1 amide bonds. The molecule has 9 nitrogen and oxygen atoms in total. The van der Waals surface area contributed by atoms with Crippen molar-refractivity contribution in [3.05, 3.63) is 48.2 Å². The molecule has 3 aromatic rings. The van der Waals surface area contributed by atoms with E-state index in [1.165, 1.54) is 6.20 Å². The number of hydrogen-bond acceptors (Lipinski definition) is 7. The fourth-order valence-corrected chi connectivity index (χ4v) is 2.87. The van der Waals surface area contributed by atoms with Crippen molar-refractivity contribution in [3.63, 3.8) is 0 Å². The summed E-state index contributed by atoms with van der Waals surface area (Å²) in [5.41, 5.74) is 3.41. The Morgan fingerprint density at radius 2 is 2.14 bits per heavy atom. The molecule has 0 aromatic carbocycles. The number of nitriles is 1. The van der Waals surface area contributed by atoms with E-state index >= 15 is 0 Å². The van der Waals surface area contributed by atoms with Gasteiger partial charge in [-0.05, 0) is 38.3 Å². The number of carbonyl (C=O) groups excluding carboxylic acids is 1. The number of hydrogen-bond donors (Lipinski definition) is 2. The van der Waals surface area contributed by atoms with Crippen molar-refractivity contribution in [2.45, 2.75) is 38.8 Å². The molecule has 9 heteroatoms. The molecule has 0 aliphatic heterocycles. The summed E-state index contributed by atoms with van der Waals surface area (Å²) in [6, 6.07) is 3.60. The van der Waals surface area contributed by atoms with Crippen LogP contribution in [0.15, 0.2) is 37.1 Å². The lowest BCUT2D eigenvalue weighted by Crippen LogP contribution is -2.31. The Hall–Kier alpha value is -3.80. The van der Waals surface area contributed by atoms with Crippen molar-refractivity contribution < 1.29 is 4.79 Å². The number of anilines is 2. The lowest BCUT2D eigenvalue weighted by molar-refractivity contribution is 0.0947. The lowest BCUT2D eigenvalue weighted by atomic mass is 10.1. The second-order valence-corrected chi connectivity index (χ2v) is 7.08. The maximum absolute atomic E-state index is 12.3. The molecule has 3 heterocycles. The van der Waals surface area contributed by atoms with Crippen molar-refractivity contribution in [2.24, 2.45) is 0 Å². The summed E-state index contributed by atoms with van der Waals surface area (Å²) in [7, 11) is 0. The van der Waals surface area contributed by atoms with E-state index in [2.05, 4.69) is 30.7 Å². The molecular weight excluding hydrogens is 368 g/mol. The van der Waals surface area contributed by atoms with Gasteiger partial charge in [-0.15, -0.1) is 0 Å². The highest BCUT2D eigenvalue weighted by Crippen LogP contribution is 2.34. The monoisotopic (exact) mass is 388 g/mol. The van der Waals surface area contributed by atoms with Crippen LogP contribution in [0.2, 0.25) is 0 Å². The zero-order valence-corrected chi connectivity index (χ0v) is 16.1. The molecule has 0 spiro atoms. The van der Waals surface area contributed by atoms with Gasteiger partial charge in [0.05, 0.1) is 35.3 Å². The van der Waals surface area contributed by atoms with Gasteiger partial charge in [-0.1, -0.05) is 0 Å². The van der Waals surface area contributed by atoms with Crippen LogP contribution in [0.3, 0.4) is 0 Å². The normalized spacial score (nSPS) is 14.1. The van der Waals surface area contributed by atoms with Gasteiger partial charge in [0.15, 0.2) is 0 Å². The van der Waals surface area contributed by atoms with Crippen LogP contribution in [0.5, 0.6) is 0 Å². The summed E-state index contributed by atoms with van der Waals surface area (Å²) in [4.78, 5) is 25.4. The molecule has 146 valence electrons. The first-order valence-electron chi connectivity index (χ1n) is 9.34. The second-order valence-electron chi connectivity index (χ2n) is 7.08. The van der Waals surface area contributed by atoms with E-state index in [1.807, 2.05) is 23.9 Å². The topological polar surface area (TPSA) is 121 Å². The lowest BCUT2D eigenvalue weighted by Gasteiger charge is -2.10. The molecule has 1 fully saturated rings. The summed E-state index contributed by atoms with van der Waals surface area (Å²) in [5, 5.41) is 19.0. The SMILES string of the molecule is Cc1cnc(Nc2cnn(C3CC3)c2)nc1-c1cncc(C(=O)NC(C)C#N)c1. The maximum atomic E-state index is 12.3. The first kappa shape index (κ1) is 18.6. The highest BCUT2D eigenvalue weighted by atomic mass is 16.1. The van der Waals surface area contributed by atoms with Crippen molar-refractivity contribution in [1.82, 2.24) is 30.0 Å². The molecule has 1 aliphatic rings. The Labute approximate surface area is 167 Å². The average Bonchev–Trinajstić information content (AvgIpc) is 3.48. The van der Waals surface area contributed by atoms with Crippen molar-refractivity contribution in [2.75, 3.05) is 5.32 Å². The number of pyridine rings is 1. The zero-order valence-electron chi connectivity index (χ0n) is 16.1. The Morgan fingerprint density at radius 3 is 2.90 bits per heavy atom. The molecule has 0 bridgehead atoms. The summed E-state index contributed by atoms with van der Waals surface area (Å²) < 4.78 is 1.95.